The van der Waals surface area contributed by atoms with E-state index < -0.39 is 114 Å². The monoisotopic (exact) mass is 2030 g/mol. The Balaban J connectivity index is 0.000000237. The van der Waals surface area contributed by atoms with Gasteiger partial charge >= 0.3 is 0 Å². The summed E-state index contributed by atoms with van der Waals surface area (Å²) < 4.78 is 60.8. The normalized spacial score (nSPS) is 18.7. The van der Waals surface area contributed by atoms with Crippen molar-refractivity contribution in [2.75, 3.05) is 95.9 Å². The lowest BCUT2D eigenvalue weighted by Crippen LogP contribution is -2.59. The number of aliphatic imine (C=N–C) groups is 1. The first-order chi connectivity index (χ1) is 67.3. The third kappa shape index (κ3) is 27.1. The van der Waals surface area contributed by atoms with Crippen molar-refractivity contribution in [2.45, 2.75) is 196 Å². The molecule has 10 aromatic rings. The maximum atomic E-state index is 15.4. The molecule has 4 aromatic heterocycles. The van der Waals surface area contributed by atoms with E-state index in [9.17, 15) is 53.4 Å². The van der Waals surface area contributed by atoms with Gasteiger partial charge in [-0.1, -0.05) is 156 Å². The van der Waals surface area contributed by atoms with Crippen LogP contribution in [-0.4, -0.2) is 244 Å². The van der Waals surface area contributed by atoms with Crippen LogP contribution in [0.4, 0.5) is 20.2 Å². The maximum Gasteiger partial charge on any atom is 0.246 e. The molecule has 2 saturated heterocycles. The SMILES string of the molecule is CC(=O)N1c2ccc(-c3ccc(C(=O)CCCOCCOCC(=O)N[C@H](C(=O)N4C[C@H](O)[C@@H](F)[C@H]4C(=O)NCc4ccc(-c5scnc5C)cc4)C(C)(C)C)cc3)cc2[C@H](Nc2ccc(Cl)cc2)C[C@@H]1C.Cc1ncsc1-c1ccc(CNC(=O)[C@@H]2[C@H](F)[C@@H](O)CN2C(=O)[C@@H](NC(=O)COCCOCCOCCNC(=O)C[C@@H]2N=C(c3ccc(Cl)cc3)c3c(sc(C)c3C)-n3c(C)nnc32)C(C)(C)C)cc1. The Labute approximate surface area is 840 Å². The highest BCUT2D eigenvalue weighted by atomic mass is 35.5. The van der Waals surface area contributed by atoms with E-state index in [0.29, 0.717) is 40.3 Å². The Kier molecular flexibility index (Phi) is 36.7. The first-order valence-electron chi connectivity index (χ1n) is 46.8. The van der Waals surface area contributed by atoms with Gasteiger partial charge in [-0.3, -0.25) is 52.7 Å². The number of Topliss-reactive ketones (excluding diaryl/α,β-unsaturated/α-hetero) is 1. The third-order valence-corrected chi connectivity index (χ3v) is 28.5. The Morgan fingerprint density at radius 1 is 0.560 bits per heavy atom. The molecule has 0 radical (unpaired) electrons. The molecule has 0 bridgehead atoms. The molecule has 31 nitrogen and oxygen atoms in total. The van der Waals surface area contributed by atoms with Crippen molar-refractivity contribution in [3.8, 4) is 37.0 Å². The highest BCUT2D eigenvalue weighted by Gasteiger charge is 2.53. The molecule has 8 amide bonds. The van der Waals surface area contributed by atoms with E-state index in [1.165, 1.54) is 22.7 Å². The summed E-state index contributed by atoms with van der Waals surface area (Å²) in [6.45, 7) is 24.2. The van der Waals surface area contributed by atoms with Crippen LogP contribution >= 0.6 is 57.2 Å². The van der Waals surface area contributed by atoms with Gasteiger partial charge in [0.05, 0.1) is 110 Å². The molecule has 0 spiro atoms. The number of aromatic nitrogens is 5. The molecule has 8 heterocycles. The van der Waals surface area contributed by atoms with E-state index >= 15 is 8.78 Å². The number of ketones is 1. The number of amides is 8. The third-order valence-electron chi connectivity index (χ3n) is 24.9. The number of hydrogen-bond donors (Lipinski definition) is 8. The van der Waals surface area contributed by atoms with Gasteiger partial charge in [0.15, 0.2) is 24.0 Å². The summed E-state index contributed by atoms with van der Waals surface area (Å²) in [6.07, 6.45) is -5.72. The van der Waals surface area contributed by atoms with E-state index in [2.05, 4.69) is 78.9 Å². The topological polar surface area (TPSA) is 391 Å². The van der Waals surface area contributed by atoms with Crippen LogP contribution < -0.4 is 36.8 Å². The van der Waals surface area contributed by atoms with Crippen molar-refractivity contribution in [1.29, 1.82) is 0 Å². The van der Waals surface area contributed by atoms with E-state index in [0.717, 1.165) is 120 Å². The average molecular weight is 2030 g/mol. The molecule has 4 aliphatic heterocycles. The molecule has 8 N–H and O–H groups in total. The number of rotatable bonds is 39. The van der Waals surface area contributed by atoms with Crippen LogP contribution in [0.3, 0.4) is 0 Å². The zero-order valence-electron chi connectivity index (χ0n) is 81.1. The second kappa shape index (κ2) is 48.5. The fourth-order valence-corrected chi connectivity index (χ4v) is 20.4. The van der Waals surface area contributed by atoms with Gasteiger partial charge in [-0.15, -0.1) is 44.2 Å². The zero-order valence-corrected chi connectivity index (χ0v) is 85.1. The fourth-order valence-electron chi connectivity index (χ4n) is 17.3. The number of fused-ring (bicyclic) bond motifs is 4. The molecule has 141 heavy (non-hydrogen) atoms. The lowest BCUT2D eigenvalue weighted by Gasteiger charge is -2.39. The maximum absolute atomic E-state index is 15.4. The summed E-state index contributed by atoms with van der Waals surface area (Å²) in [5.74, 6) is -3.08. The Morgan fingerprint density at radius 2 is 1.04 bits per heavy atom. The first-order valence-corrected chi connectivity index (χ1v) is 50.1. The van der Waals surface area contributed by atoms with Gasteiger partial charge < -0.3 is 80.5 Å². The summed E-state index contributed by atoms with van der Waals surface area (Å²) in [6, 6.07) is 37.5. The fraction of sp³-hybridized carbons (Fsp3) is 0.437. The van der Waals surface area contributed by atoms with Gasteiger partial charge in [0.25, 0.3) is 0 Å². The van der Waals surface area contributed by atoms with E-state index in [1.807, 2.05) is 164 Å². The molecule has 6 aromatic carbocycles. The number of hydrogen-bond acceptors (Lipinski definition) is 25. The number of β-amino-alcohol motifs (C(OH)–C–C–N with tert-alkyl or cyclic N) is 2. The minimum atomic E-state index is -2.03. The predicted octanol–water partition coefficient (Wildman–Crippen LogP) is 14.0. The first kappa shape index (κ1) is 107. The van der Waals surface area contributed by atoms with E-state index in [4.69, 9.17) is 51.9 Å². The molecule has 14 rings (SSSR count). The molecule has 2 fully saturated rings. The number of likely N-dealkylation sites (tertiary alicyclic amines) is 2. The standard InChI is InChI=1S/C54H62ClFN6O8S.C49H59ClFN9O8S2/c1-32-26-43(59-41-20-18-40(55)19-21-41)42-27-39(17-22-44(42)62(32)34(3)63)36-13-15-37(16-14-36)45(64)8-7-23-69-24-25-70-30-47(66)60-51(54(4,5)6)53(68)61-29-46(65)48(56)49(61)52(67)57-28-35-9-11-38(12-10-35)50-33(2)58-31-71-50;1-27-29(3)70-48-39(27)41(32-12-14-34(50)15-13-32)55-35(45-58-57-30(4)60(45)48)22-37(62)52-16-17-66-18-19-67-20-21-68-25-38(63)56-44(49(5,6)7)47(65)59-24-36(61)40(51)42(59)46(64)53-23-31-8-10-33(11-9-31)43-28(2)54-26-69-43/h9-22,27,31-32,43,46,48-49,51,59,65H,7-8,23-26,28-30H2,1-6H3,(H,57,67)(H,60,66);8-15,26,35-36,40,42,44,61H,16-25H2,1-7H3,(H,52,62)(H,53,64)(H,56,63)/t32-,43+,46-,48+,49-,51+;35-,36-,40+,42-,44+/m00/s1. The minimum Gasteiger partial charge on any atom is -0.388 e. The number of benzene rings is 6. The van der Waals surface area contributed by atoms with E-state index in [-0.39, 0.29) is 122 Å². The number of aryl methyl sites for hydroxylation is 4. The Morgan fingerprint density at radius 3 is 1.53 bits per heavy atom. The number of carbonyl (C=O) groups excluding carboxylic acids is 9. The van der Waals surface area contributed by atoms with Crippen LogP contribution in [0.2, 0.25) is 10.0 Å². The number of thiophene rings is 1. The van der Waals surface area contributed by atoms with Crippen LogP contribution in [0, 0.1) is 45.4 Å². The van der Waals surface area contributed by atoms with Gasteiger partial charge in [0.2, 0.25) is 47.3 Å². The molecule has 750 valence electrons. The Bertz CT molecular complexity index is 6090. The number of thiazole rings is 2. The van der Waals surface area contributed by atoms with E-state index in [1.54, 1.807) is 70.8 Å². The highest BCUT2D eigenvalue weighted by Crippen LogP contribution is 2.44. The largest absolute Gasteiger partial charge is 0.388 e. The lowest BCUT2D eigenvalue weighted by atomic mass is 9.85. The van der Waals surface area contributed by atoms with Gasteiger partial charge in [-0.2, -0.15) is 0 Å². The van der Waals surface area contributed by atoms with Crippen LogP contribution in [-0.2, 0) is 75.1 Å². The summed E-state index contributed by atoms with van der Waals surface area (Å²) in [5.41, 5.74) is 16.2. The molecule has 0 saturated carbocycles. The van der Waals surface area contributed by atoms with Crippen molar-refractivity contribution < 1.29 is 85.8 Å². The summed E-state index contributed by atoms with van der Waals surface area (Å²) in [4.78, 5) is 141. The molecular weight excluding hydrogens is 1910 g/mol. The number of alkyl halides is 2. The quantitative estimate of drug-likeness (QED) is 0.0131. The number of carbonyl (C=O) groups is 9. The van der Waals surface area contributed by atoms with Crippen molar-refractivity contribution >= 4 is 127 Å². The smallest absolute Gasteiger partial charge is 0.246 e. The number of ether oxygens (including phenoxy) is 5. The van der Waals surface area contributed by atoms with Crippen molar-refractivity contribution in [1.82, 2.24) is 61.1 Å². The second-order valence-electron chi connectivity index (χ2n) is 37.4. The number of aliphatic hydroxyl groups is 2. The number of nitrogens with zero attached hydrogens (tertiary/aromatic N) is 9. The number of halogens is 4. The molecule has 11 atom stereocenters. The zero-order chi connectivity index (χ0) is 101. The van der Waals surface area contributed by atoms with Crippen LogP contribution in [0.15, 0.2) is 156 Å². The van der Waals surface area contributed by atoms with Crippen molar-refractivity contribution in [3.63, 3.8) is 0 Å². The number of anilines is 2. The molecular formula is C103H121Cl2F2N15O16S3. The van der Waals surface area contributed by atoms with Crippen LogP contribution in [0.25, 0.3) is 37.0 Å². The van der Waals surface area contributed by atoms with Crippen molar-refractivity contribution in [2.24, 2.45) is 15.8 Å². The summed E-state index contributed by atoms with van der Waals surface area (Å²) in [7, 11) is 0. The minimum absolute atomic E-state index is 0.00143. The molecule has 0 unspecified atom stereocenters. The van der Waals surface area contributed by atoms with Crippen LogP contribution in [0.1, 0.15) is 165 Å². The van der Waals surface area contributed by atoms with Crippen molar-refractivity contribution in [3.05, 3.63) is 227 Å². The molecule has 0 aliphatic carbocycles. The average Bonchev–Trinajstić information content (AvgIpc) is 1.62. The molecule has 4 aliphatic rings. The number of aliphatic hydroxyl groups excluding tert-OH is 2. The Hall–Kier alpha value is -11.5. The van der Waals surface area contributed by atoms with Crippen LogP contribution in [0.5, 0.6) is 0 Å². The summed E-state index contributed by atoms with van der Waals surface area (Å²) in [5, 5.41) is 49.3. The van der Waals surface area contributed by atoms with Gasteiger partial charge in [-0.05, 0) is 158 Å². The predicted molar refractivity (Wildman–Crippen MR) is 539 cm³/mol. The summed E-state index contributed by atoms with van der Waals surface area (Å²) >= 11 is 17.0. The van der Waals surface area contributed by atoms with Gasteiger partial charge in [0.1, 0.15) is 66.5 Å². The lowest BCUT2D eigenvalue weighted by molar-refractivity contribution is -0.145. The number of nitrogens with one attached hydrogen (secondary N) is 6. The second-order valence-corrected chi connectivity index (χ2v) is 41.2. The highest BCUT2D eigenvalue weighted by molar-refractivity contribution is 7.15. The van der Waals surface area contributed by atoms with Gasteiger partial charge in [0, 0.05) is 88.6 Å². The molecule has 38 heteroatoms. The van der Waals surface area contributed by atoms with Gasteiger partial charge in [-0.25, -0.2) is 18.7 Å².